The molecule has 0 spiro atoms. The molecule has 5 nitrogen and oxygen atoms in total. The maximum absolute atomic E-state index is 12.3. The van der Waals surface area contributed by atoms with Gasteiger partial charge in [0, 0.05) is 18.2 Å². The van der Waals surface area contributed by atoms with Gasteiger partial charge in [0.05, 0.1) is 24.6 Å². The highest BCUT2D eigenvalue weighted by Gasteiger charge is 2.46. The molecule has 1 fully saturated rings. The first kappa shape index (κ1) is 15.6. The first-order valence-electron chi connectivity index (χ1n) is 6.82. The second kappa shape index (κ2) is 6.30. The zero-order valence-corrected chi connectivity index (χ0v) is 13.1. The van der Waals surface area contributed by atoms with Crippen molar-refractivity contribution in [2.45, 2.75) is 25.8 Å². The molecule has 1 saturated carbocycles. The summed E-state index contributed by atoms with van der Waals surface area (Å²) in [7, 11) is 3.18. The summed E-state index contributed by atoms with van der Waals surface area (Å²) in [4.78, 5) is 12.6. The van der Waals surface area contributed by atoms with Crippen LogP contribution in [-0.2, 0) is 11.3 Å². The Kier molecular flexibility index (Phi) is 4.67. The monoisotopic (exact) mass is 308 g/mol. The molecule has 0 unspecified atom stereocenters. The third-order valence-electron chi connectivity index (χ3n) is 4.05. The Hall–Kier alpha value is -1.82. The fraction of sp³-hybridized carbons (Fsp3) is 0.467. The second-order valence-electron chi connectivity index (χ2n) is 5.16. The number of carbonyl (C=O) groups excluding carboxylic acids is 1. The van der Waals surface area contributed by atoms with Crippen molar-refractivity contribution < 1.29 is 14.3 Å². The van der Waals surface area contributed by atoms with Crippen LogP contribution >= 0.6 is 12.2 Å². The first-order valence-corrected chi connectivity index (χ1v) is 7.23. The van der Waals surface area contributed by atoms with Crippen molar-refractivity contribution in [3.05, 3.63) is 23.8 Å². The van der Waals surface area contributed by atoms with E-state index in [-0.39, 0.29) is 10.9 Å². The van der Waals surface area contributed by atoms with Crippen molar-refractivity contribution in [2.24, 2.45) is 11.1 Å². The Morgan fingerprint density at radius 1 is 1.38 bits per heavy atom. The molecular weight excluding hydrogens is 288 g/mol. The number of benzene rings is 1. The van der Waals surface area contributed by atoms with Gasteiger partial charge in [0.15, 0.2) is 0 Å². The van der Waals surface area contributed by atoms with Crippen LogP contribution in [0.15, 0.2) is 18.2 Å². The molecule has 1 amide bonds. The van der Waals surface area contributed by atoms with Gasteiger partial charge in [-0.1, -0.05) is 18.6 Å². The van der Waals surface area contributed by atoms with Crippen molar-refractivity contribution in [1.82, 2.24) is 5.32 Å². The van der Waals surface area contributed by atoms with Crippen LogP contribution in [0, 0.1) is 5.41 Å². The van der Waals surface area contributed by atoms with Crippen LogP contribution in [0.3, 0.4) is 0 Å². The summed E-state index contributed by atoms with van der Waals surface area (Å²) >= 11 is 5.05. The number of methoxy groups -OCH3 is 2. The highest BCUT2D eigenvalue weighted by molar-refractivity contribution is 7.80. The van der Waals surface area contributed by atoms with E-state index in [0.717, 1.165) is 24.8 Å². The van der Waals surface area contributed by atoms with Crippen LogP contribution in [0.2, 0.25) is 0 Å². The summed E-state index contributed by atoms with van der Waals surface area (Å²) < 4.78 is 10.5. The van der Waals surface area contributed by atoms with E-state index in [1.54, 1.807) is 20.3 Å². The minimum absolute atomic E-state index is 0.0980. The van der Waals surface area contributed by atoms with Crippen molar-refractivity contribution in [3.63, 3.8) is 0 Å². The van der Waals surface area contributed by atoms with Crippen molar-refractivity contribution in [2.75, 3.05) is 14.2 Å². The number of hydrogen-bond acceptors (Lipinski definition) is 4. The molecule has 0 aromatic heterocycles. The van der Waals surface area contributed by atoms with Crippen molar-refractivity contribution >= 4 is 23.1 Å². The molecule has 1 aromatic rings. The summed E-state index contributed by atoms with van der Waals surface area (Å²) in [5.74, 6) is 1.28. The second-order valence-corrected chi connectivity index (χ2v) is 5.60. The molecule has 0 aliphatic heterocycles. The highest BCUT2D eigenvalue weighted by Crippen LogP contribution is 2.41. The fourth-order valence-electron chi connectivity index (χ4n) is 2.46. The zero-order valence-electron chi connectivity index (χ0n) is 12.3. The fourth-order valence-corrected chi connectivity index (χ4v) is 2.76. The summed E-state index contributed by atoms with van der Waals surface area (Å²) in [5.41, 5.74) is 5.95. The summed E-state index contributed by atoms with van der Waals surface area (Å²) in [6.45, 7) is 0.371. The third kappa shape index (κ3) is 2.95. The normalized spacial score (nSPS) is 15.7. The van der Waals surface area contributed by atoms with Gasteiger partial charge in [-0.2, -0.15) is 0 Å². The lowest BCUT2D eigenvalue weighted by Crippen LogP contribution is -2.52. The molecule has 2 rings (SSSR count). The van der Waals surface area contributed by atoms with Gasteiger partial charge in [-0.05, 0) is 25.0 Å². The molecule has 1 aromatic carbocycles. The smallest absolute Gasteiger partial charge is 0.233 e. The van der Waals surface area contributed by atoms with Gasteiger partial charge in [-0.15, -0.1) is 0 Å². The summed E-state index contributed by atoms with van der Waals surface area (Å²) in [6, 6.07) is 5.48. The van der Waals surface area contributed by atoms with E-state index < -0.39 is 5.41 Å². The number of thiocarbonyl (C=S) groups is 1. The molecular formula is C15H20N2O3S. The number of amides is 1. The van der Waals surface area contributed by atoms with Gasteiger partial charge >= 0.3 is 0 Å². The van der Waals surface area contributed by atoms with Crippen LogP contribution in [0.5, 0.6) is 11.5 Å². The van der Waals surface area contributed by atoms with Gasteiger partial charge in [0.1, 0.15) is 11.5 Å². The van der Waals surface area contributed by atoms with E-state index in [9.17, 15) is 4.79 Å². The van der Waals surface area contributed by atoms with Gasteiger partial charge < -0.3 is 20.5 Å². The van der Waals surface area contributed by atoms with Crippen molar-refractivity contribution in [1.29, 1.82) is 0 Å². The van der Waals surface area contributed by atoms with Gasteiger partial charge in [-0.3, -0.25) is 4.79 Å². The lowest BCUT2D eigenvalue weighted by atomic mass is 9.68. The number of carbonyl (C=O) groups is 1. The number of nitrogens with one attached hydrogen (secondary N) is 1. The quantitative estimate of drug-likeness (QED) is 0.784. The molecule has 0 radical (unpaired) electrons. The number of rotatable bonds is 6. The minimum Gasteiger partial charge on any atom is -0.497 e. The van der Waals surface area contributed by atoms with Gasteiger partial charge in [-0.25, -0.2) is 0 Å². The molecule has 3 N–H and O–H groups in total. The number of ether oxygens (including phenoxy) is 2. The Bertz CT molecular complexity index is 556. The predicted octanol–water partition coefficient (Wildman–Crippen LogP) is 1.78. The zero-order chi connectivity index (χ0) is 15.5. The minimum atomic E-state index is -0.658. The van der Waals surface area contributed by atoms with E-state index in [1.165, 1.54) is 0 Å². The Balaban J connectivity index is 2.06. The van der Waals surface area contributed by atoms with Gasteiger partial charge in [0.25, 0.3) is 0 Å². The Labute approximate surface area is 129 Å². The molecule has 21 heavy (non-hydrogen) atoms. The lowest BCUT2D eigenvalue weighted by Gasteiger charge is -2.39. The molecule has 0 saturated heterocycles. The predicted molar refractivity (Wildman–Crippen MR) is 84.5 cm³/mol. The van der Waals surface area contributed by atoms with Crippen molar-refractivity contribution in [3.8, 4) is 11.5 Å². The van der Waals surface area contributed by atoms with E-state index >= 15 is 0 Å². The van der Waals surface area contributed by atoms with E-state index in [2.05, 4.69) is 5.32 Å². The molecule has 0 heterocycles. The van der Waals surface area contributed by atoms with Gasteiger partial charge in [0.2, 0.25) is 5.91 Å². The Morgan fingerprint density at radius 3 is 2.57 bits per heavy atom. The van der Waals surface area contributed by atoms with Crippen LogP contribution in [0.1, 0.15) is 24.8 Å². The van der Waals surface area contributed by atoms with Crippen LogP contribution in [-0.4, -0.2) is 25.1 Å². The van der Waals surface area contributed by atoms with E-state index in [4.69, 9.17) is 27.4 Å². The molecule has 6 heteroatoms. The first-order chi connectivity index (χ1) is 10.0. The maximum Gasteiger partial charge on any atom is 0.233 e. The molecule has 1 aliphatic carbocycles. The van der Waals surface area contributed by atoms with E-state index in [0.29, 0.717) is 18.0 Å². The van der Waals surface area contributed by atoms with E-state index in [1.807, 2.05) is 12.1 Å². The van der Waals surface area contributed by atoms with Crippen LogP contribution in [0.25, 0.3) is 0 Å². The molecule has 1 aliphatic rings. The lowest BCUT2D eigenvalue weighted by molar-refractivity contribution is -0.131. The SMILES string of the molecule is COc1ccc(CNC(=O)C2(C(N)=S)CCC2)c(OC)c1. The average molecular weight is 308 g/mol. The van der Waals surface area contributed by atoms with Crippen LogP contribution in [0.4, 0.5) is 0 Å². The third-order valence-corrected chi connectivity index (χ3v) is 4.44. The standard InChI is InChI=1S/C15H20N2O3S/c1-19-11-5-4-10(12(8-11)20-2)9-17-14(18)15(13(16)21)6-3-7-15/h4-5,8H,3,6-7,9H2,1-2H3,(H2,16,21)(H,17,18). The molecule has 0 bridgehead atoms. The largest absolute Gasteiger partial charge is 0.497 e. The highest BCUT2D eigenvalue weighted by atomic mass is 32.1. The maximum atomic E-state index is 12.3. The molecule has 0 atom stereocenters. The summed E-state index contributed by atoms with van der Waals surface area (Å²) in [5, 5.41) is 2.91. The summed E-state index contributed by atoms with van der Waals surface area (Å²) in [6.07, 6.45) is 2.44. The Morgan fingerprint density at radius 2 is 2.10 bits per heavy atom. The molecule has 114 valence electrons. The topological polar surface area (TPSA) is 73.6 Å². The number of nitrogens with two attached hydrogens (primary N) is 1. The number of hydrogen-bond donors (Lipinski definition) is 2. The average Bonchev–Trinajstić information content (AvgIpc) is 2.43. The van der Waals surface area contributed by atoms with Crippen LogP contribution < -0.4 is 20.5 Å².